The molecule has 4 nitrogen and oxygen atoms in total. The third-order valence-electron chi connectivity index (χ3n) is 2.84. The van der Waals surface area contributed by atoms with Gasteiger partial charge in [-0.05, 0) is 25.0 Å². The Balaban J connectivity index is 2.01. The number of hydrogen-bond donors (Lipinski definition) is 0. The quantitative estimate of drug-likeness (QED) is 0.749. The van der Waals surface area contributed by atoms with Crippen molar-refractivity contribution in [1.82, 2.24) is 9.88 Å². The first-order valence-corrected chi connectivity index (χ1v) is 5.66. The third kappa shape index (κ3) is 2.79. The molecule has 1 saturated heterocycles. The van der Waals surface area contributed by atoms with Crippen LogP contribution in [0, 0.1) is 5.95 Å². The Bertz CT molecular complexity index is 405. The fourth-order valence-electron chi connectivity index (χ4n) is 1.93. The van der Waals surface area contributed by atoms with Gasteiger partial charge in [0.2, 0.25) is 5.95 Å². The molecule has 1 aromatic rings. The maximum absolute atomic E-state index is 13.3. The lowest BCUT2D eigenvalue weighted by Crippen LogP contribution is -2.34. The maximum atomic E-state index is 13.3. The van der Waals surface area contributed by atoms with Crippen LogP contribution < -0.4 is 0 Å². The molecule has 0 radical (unpaired) electrons. The maximum Gasteiger partial charge on any atom is 0.258 e. The molecule has 0 bridgehead atoms. The molecule has 1 atom stereocenters. The summed E-state index contributed by atoms with van der Waals surface area (Å²) in [6.45, 7) is 1.24. The lowest BCUT2D eigenvalue weighted by atomic mass is 10.2. The van der Waals surface area contributed by atoms with Crippen molar-refractivity contribution in [3.05, 3.63) is 29.8 Å². The molecule has 0 aliphatic carbocycles. The van der Waals surface area contributed by atoms with E-state index in [4.69, 9.17) is 4.74 Å². The lowest BCUT2D eigenvalue weighted by Gasteiger charge is -2.20. The van der Waals surface area contributed by atoms with Gasteiger partial charge in [-0.2, -0.15) is 4.39 Å². The van der Waals surface area contributed by atoms with Crippen molar-refractivity contribution < 1.29 is 13.9 Å². The number of halogens is 1. The summed E-state index contributed by atoms with van der Waals surface area (Å²) >= 11 is 0. The van der Waals surface area contributed by atoms with Crippen molar-refractivity contribution in [3.63, 3.8) is 0 Å². The molecule has 1 amide bonds. The summed E-state index contributed by atoms with van der Waals surface area (Å²) < 4.78 is 18.8. The van der Waals surface area contributed by atoms with E-state index < -0.39 is 5.95 Å². The van der Waals surface area contributed by atoms with Gasteiger partial charge in [-0.3, -0.25) is 4.79 Å². The van der Waals surface area contributed by atoms with E-state index in [0.717, 1.165) is 19.4 Å². The first kappa shape index (κ1) is 12.0. The summed E-state index contributed by atoms with van der Waals surface area (Å²) in [5.41, 5.74) is 0.00740. The highest BCUT2D eigenvalue weighted by Gasteiger charge is 2.22. The van der Waals surface area contributed by atoms with E-state index in [9.17, 15) is 9.18 Å². The zero-order valence-electron chi connectivity index (χ0n) is 9.73. The highest BCUT2D eigenvalue weighted by Crippen LogP contribution is 2.14. The predicted octanol–water partition coefficient (Wildman–Crippen LogP) is 1.47. The van der Waals surface area contributed by atoms with Gasteiger partial charge in [-0.25, -0.2) is 4.98 Å². The van der Waals surface area contributed by atoms with Crippen LogP contribution in [-0.4, -0.2) is 42.1 Å². The summed E-state index contributed by atoms with van der Waals surface area (Å²) in [5.74, 6) is -1.08. The first-order chi connectivity index (χ1) is 8.18. The fourth-order valence-corrected chi connectivity index (χ4v) is 1.93. The SMILES string of the molecule is CN(CC1CCCO1)C(=O)c1cccnc1F. The fraction of sp³-hybridized carbons (Fsp3) is 0.500. The normalized spacial score (nSPS) is 19.3. The van der Waals surface area contributed by atoms with Crippen LogP contribution in [0.3, 0.4) is 0 Å². The van der Waals surface area contributed by atoms with E-state index >= 15 is 0 Å². The standard InChI is InChI=1S/C12H15FN2O2/c1-15(8-9-4-3-7-17-9)12(16)10-5-2-6-14-11(10)13/h2,5-6,9H,3-4,7-8H2,1H3. The van der Waals surface area contributed by atoms with Gasteiger partial charge in [0.1, 0.15) is 0 Å². The zero-order chi connectivity index (χ0) is 12.3. The second kappa shape index (κ2) is 5.23. The van der Waals surface area contributed by atoms with Crippen LogP contribution in [0.1, 0.15) is 23.2 Å². The second-order valence-corrected chi connectivity index (χ2v) is 4.16. The van der Waals surface area contributed by atoms with Crippen LogP contribution in [-0.2, 0) is 4.74 Å². The Labute approximate surface area is 99.4 Å². The Morgan fingerprint density at radius 1 is 1.71 bits per heavy atom. The van der Waals surface area contributed by atoms with Crippen molar-refractivity contribution in [1.29, 1.82) is 0 Å². The van der Waals surface area contributed by atoms with Crippen LogP contribution in [0.15, 0.2) is 18.3 Å². The summed E-state index contributed by atoms with van der Waals surface area (Å²) in [7, 11) is 1.65. The number of carbonyl (C=O) groups is 1. The van der Waals surface area contributed by atoms with Crippen LogP contribution in [0.4, 0.5) is 4.39 Å². The minimum atomic E-state index is -0.725. The highest BCUT2D eigenvalue weighted by atomic mass is 19.1. The van der Waals surface area contributed by atoms with Gasteiger partial charge in [-0.15, -0.1) is 0 Å². The van der Waals surface area contributed by atoms with Gasteiger partial charge in [0, 0.05) is 26.4 Å². The minimum absolute atomic E-state index is 0.00740. The van der Waals surface area contributed by atoms with E-state index in [1.54, 1.807) is 13.1 Å². The van der Waals surface area contributed by atoms with Crippen LogP contribution in [0.25, 0.3) is 0 Å². The molecule has 1 unspecified atom stereocenters. The molecule has 5 heteroatoms. The molecule has 1 aliphatic heterocycles. The van der Waals surface area contributed by atoms with Gasteiger partial charge >= 0.3 is 0 Å². The van der Waals surface area contributed by atoms with Gasteiger partial charge < -0.3 is 9.64 Å². The van der Waals surface area contributed by atoms with Gasteiger partial charge in [-0.1, -0.05) is 0 Å². The molecular formula is C12H15FN2O2. The molecule has 92 valence electrons. The Morgan fingerprint density at radius 3 is 3.18 bits per heavy atom. The predicted molar refractivity (Wildman–Crippen MR) is 60.1 cm³/mol. The van der Waals surface area contributed by atoms with Gasteiger partial charge in [0.25, 0.3) is 5.91 Å². The molecule has 0 saturated carbocycles. The summed E-state index contributed by atoms with van der Waals surface area (Å²) in [4.78, 5) is 16.9. The highest BCUT2D eigenvalue weighted by molar-refractivity contribution is 5.93. The average Bonchev–Trinajstić information content (AvgIpc) is 2.81. The van der Waals surface area contributed by atoms with Crippen molar-refractivity contribution in [2.75, 3.05) is 20.2 Å². The molecule has 1 aliphatic rings. The van der Waals surface area contributed by atoms with E-state index in [0.29, 0.717) is 6.54 Å². The largest absolute Gasteiger partial charge is 0.376 e. The lowest BCUT2D eigenvalue weighted by molar-refractivity contribution is 0.0583. The number of nitrogens with zero attached hydrogens (tertiary/aromatic N) is 2. The molecule has 0 spiro atoms. The number of aromatic nitrogens is 1. The monoisotopic (exact) mass is 238 g/mol. The number of amides is 1. The summed E-state index contributed by atoms with van der Waals surface area (Å²) in [6.07, 6.45) is 3.37. The molecule has 2 heterocycles. The summed E-state index contributed by atoms with van der Waals surface area (Å²) in [6, 6.07) is 2.99. The number of carbonyl (C=O) groups excluding carboxylic acids is 1. The molecule has 1 aromatic heterocycles. The molecule has 17 heavy (non-hydrogen) atoms. The van der Waals surface area contributed by atoms with E-state index in [1.165, 1.54) is 17.2 Å². The van der Waals surface area contributed by atoms with Crippen molar-refractivity contribution in [2.24, 2.45) is 0 Å². The Kier molecular flexibility index (Phi) is 3.68. The van der Waals surface area contributed by atoms with Crippen LogP contribution >= 0.6 is 0 Å². The average molecular weight is 238 g/mol. The zero-order valence-corrected chi connectivity index (χ0v) is 9.73. The number of rotatable bonds is 3. The number of hydrogen-bond acceptors (Lipinski definition) is 3. The van der Waals surface area contributed by atoms with Crippen molar-refractivity contribution >= 4 is 5.91 Å². The van der Waals surface area contributed by atoms with E-state index in [1.807, 2.05) is 0 Å². The topological polar surface area (TPSA) is 42.4 Å². The van der Waals surface area contributed by atoms with E-state index in [-0.39, 0.29) is 17.6 Å². The molecule has 1 fully saturated rings. The minimum Gasteiger partial charge on any atom is -0.376 e. The Morgan fingerprint density at radius 2 is 2.53 bits per heavy atom. The smallest absolute Gasteiger partial charge is 0.258 e. The molecule has 0 N–H and O–H groups in total. The molecule has 0 aromatic carbocycles. The van der Waals surface area contributed by atoms with Crippen LogP contribution in [0.2, 0.25) is 0 Å². The van der Waals surface area contributed by atoms with E-state index in [2.05, 4.69) is 4.98 Å². The van der Waals surface area contributed by atoms with Crippen molar-refractivity contribution in [3.8, 4) is 0 Å². The van der Waals surface area contributed by atoms with Crippen LogP contribution in [0.5, 0.6) is 0 Å². The molecular weight excluding hydrogens is 223 g/mol. The first-order valence-electron chi connectivity index (χ1n) is 5.66. The van der Waals surface area contributed by atoms with Gasteiger partial charge in [0.05, 0.1) is 11.7 Å². The summed E-state index contributed by atoms with van der Waals surface area (Å²) in [5, 5.41) is 0. The van der Waals surface area contributed by atoms with Crippen molar-refractivity contribution in [2.45, 2.75) is 18.9 Å². The third-order valence-corrected chi connectivity index (χ3v) is 2.84. The second-order valence-electron chi connectivity index (χ2n) is 4.16. The van der Waals surface area contributed by atoms with Gasteiger partial charge in [0.15, 0.2) is 0 Å². The number of pyridine rings is 1. The number of ether oxygens (including phenoxy) is 1. The number of likely N-dealkylation sites (N-methyl/N-ethyl adjacent to an activating group) is 1. The molecule has 2 rings (SSSR count). The Hall–Kier alpha value is -1.49.